The van der Waals surface area contributed by atoms with E-state index < -0.39 is 12.1 Å². The molecule has 0 aliphatic heterocycles. The summed E-state index contributed by atoms with van der Waals surface area (Å²) in [5.41, 5.74) is -0.144. The Morgan fingerprint density at radius 2 is 1.65 bits per heavy atom. The summed E-state index contributed by atoms with van der Waals surface area (Å²) in [6, 6.07) is 0.537. The van der Waals surface area contributed by atoms with Crippen LogP contribution in [0.2, 0.25) is 0 Å². The van der Waals surface area contributed by atoms with Gasteiger partial charge < -0.3 is 34.8 Å². The Kier molecular flexibility index (Phi) is 12.8. The molecule has 11 unspecified atom stereocenters. The van der Waals surface area contributed by atoms with Crippen molar-refractivity contribution in [2.24, 2.45) is 46.3 Å². The molecule has 4 aliphatic carbocycles. The van der Waals surface area contributed by atoms with E-state index in [2.05, 4.69) is 39.9 Å². The highest BCUT2D eigenvalue weighted by molar-refractivity contribution is 5.66. The SMILES string of the molecule is CCCC(C)NCCOCCOCCOC1CCC2(C)C(C1)CC(O)[C@H]1C2CC(O)C2(C)C(C(C)CCC(=O)O)CCC12. The molecule has 0 aromatic carbocycles. The highest BCUT2D eigenvalue weighted by Gasteiger charge is 2.65. The molecular weight excluding hydrogens is 546 g/mol. The zero-order valence-corrected chi connectivity index (χ0v) is 27.8. The maximum atomic E-state index is 11.8. The van der Waals surface area contributed by atoms with Crippen molar-refractivity contribution >= 4 is 5.97 Å². The minimum absolute atomic E-state index is 0.107. The first kappa shape index (κ1) is 35.1. The number of aliphatic carboxylic acids is 1. The van der Waals surface area contributed by atoms with Crippen LogP contribution in [0, 0.1) is 46.3 Å². The fourth-order valence-electron chi connectivity index (χ4n) is 10.3. The number of carboxylic acids is 1. The lowest BCUT2D eigenvalue weighted by molar-refractivity contribution is -0.209. The first-order valence-electron chi connectivity index (χ1n) is 17.6. The second-order valence-corrected chi connectivity index (χ2v) is 15.1. The lowest BCUT2D eigenvalue weighted by atomic mass is 9.43. The molecule has 4 N–H and O–H groups in total. The fraction of sp³-hybridized carbons (Fsp3) is 0.971. The third-order valence-corrected chi connectivity index (χ3v) is 12.7. The topological polar surface area (TPSA) is 117 Å². The van der Waals surface area contributed by atoms with E-state index in [1.165, 1.54) is 12.8 Å². The predicted molar refractivity (Wildman–Crippen MR) is 168 cm³/mol. The second-order valence-electron chi connectivity index (χ2n) is 15.1. The molecule has 0 spiro atoms. The third kappa shape index (κ3) is 7.97. The number of rotatable bonds is 17. The van der Waals surface area contributed by atoms with Gasteiger partial charge in [-0.15, -0.1) is 0 Å². The number of carbonyl (C=O) groups is 1. The minimum atomic E-state index is -0.745. The normalized spacial score (nSPS) is 40.3. The molecule has 4 fully saturated rings. The van der Waals surface area contributed by atoms with Gasteiger partial charge in [-0.2, -0.15) is 0 Å². The average molecular weight is 610 g/mol. The van der Waals surface area contributed by atoms with E-state index in [1.807, 2.05) is 0 Å². The summed E-state index contributed by atoms with van der Waals surface area (Å²) < 4.78 is 17.7. The van der Waals surface area contributed by atoms with E-state index in [0.29, 0.717) is 69.2 Å². The quantitative estimate of drug-likeness (QED) is 0.165. The number of aliphatic hydroxyl groups excluding tert-OH is 2. The molecule has 0 aromatic rings. The number of nitrogens with one attached hydrogen (secondary N) is 1. The van der Waals surface area contributed by atoms with Crippen LogP contribution < -0.4 is 5.32 Å². The Hall–Kier alpha value is -0.770. The van der Waals surface area contributed by atoms with Crippen LogP contribution in [0.15, 0.2) is 0 Å². The predicted octanol–water partition coefficient (Wildman–Crippen LogP) is 5.28. The van der Waals surface area contributed by atoms with Crippen molar-refractivity contribution in [3.8, 4) is 0 Å². The summed E-state index contributed by atoms with van der Waals surface area (Å²) in [6.07, 6.45) is 9.34. The van der Waals surface area contributed by atoms with E-state index in [0.717, 1.165) is 51.5 Å². The molecule has 0 aromatic heterocycles. The van der Waals surface area contributed by atoms with Crippen LogP contribution >= 0.6 is 0 Å². The molecule has 4 saturated carbocycles. The Morgan fingerprint density at radius 1 is 0.930 bits per heavy atom. The van der Waals surface area contributed by atoms with Crippen LogP contribution in [0.3, 0.4) is 0 Å². The molecule has 0 bridgehead atoms. The summed E-state index contributed by atoms with van der Waals surface area (Å²) in [5.74, 6) is 1.04. The van der Waals surface area contributed by atoms with Crippen LogP contribution in [0.25, 0.3) is 0 Å². The van der Waals surface area contributed by atoms with Gasteiger partial charge in [0.2, 0.25) is 0 Å². The third-order valence-electron chi connectivity index (χ3n) is 12.7. The van der Waals surface area contributed by atoms with Gasteiger partial charge >= 0.3 is 5.97 Å². The number of ether oxygens (including phenoxy) is 3. The molecule has 8 nitrogen and oxygen atoms in total. The molecule has 4 aliphatic rings. The number of hydrogen-bond donors (Lipinski definition) is 4. The summed E-state index contributed by atoms with van der Waals surface area (Å²) in [7, 11) is 0. The molecule has 43 heavy (non-hydrogen) atoms. The van der Waals surface area contributed by atoms with E-state index in [9.17, 15) is 20.1 Å². The minimum Gasteiger partial charge on any atom is -0.481 e. The van der Waals surface area contributed by atoms with Crippen LogP contribution in [-0.2, 0) is 19.0 Å². The Morgan fingerprint density at radius 3 is 2.37 bits per heavy atom. The molecular formula is C35H63NO7. The lowest BCUT2D eigenvalue weighted by Crippen LogP contribution is -2.62. The Balaban J connectivity index is 1.22. The Bertz CT molecular complexity index is 873. The number of fused-ring (bicyclic) bond motifs is 5. The van der Waals surface area contributed by atoms with Crippen LogP contribution in [0.4, 0.5) is 0 Å². The second kappa shape index (κ2) is 15.7. The first-order valence-corrected chi connectivity index (χ1v) is 17.6. The van der Waals surface area contributed by atoms with Gasteiger partial charge in [0.1, 0.15) is 0 Å². The molecule has 8 heteroatoms. The van der Waals surface area contributed by atoms with Gasteiger partial charge in [0.05, 0.1) is 51.3 Å². The van der Waals surface area contributed by atoms with Crippen molar-refractivity contribution in [2.75, 3.05) is 39.6 Å². The standard InChI is InChI=1S/C35H63NO7/c1-6-7-24(3)36-14-15-41-16-17-42-18-19-43-26-12-13-34(4)25(20-26)21-30(37)33-28-10-9-27(23(2)8-11-32(39)40)35(28,5)31(38)22-29(33)34/h23-31,33,36-38H,6-22H2,1-5H3,(H,39,40)/t23?,24?,25?,26?,27?,28?,29?,30?,31?,33-,34?,35?/m1/s1. The van der Waals surface area contributed by atoms with Crippen molar-refractivity contribution in [3.05, 3.63) is 0 Å². The van der Waals surface area contributed by atoms with Crippen molar-refractivity contribution in [1.29, 1.82) is 0 Å². The van der Waals surface area contributed by atoms with Gasteiger partial charge in [0, 0.05) is 19.0 Å². The van der Waals surface area contributed by atoms with E-state index in [4.69, 9.17) is 14.2 Å². The number of aliphatic hydroxyl groups is 2. The molecule has 0 heterocycles. The lowest BCUT2D eigenvalue weighted by Gasteiger charge is -2.63. The number of hydrogen-bond acceptors (Lipinski definition) is 7. The number of carboxylic acid groups (broad SMARTS) is 1. The van der Waals surface area contributed by atoms with Crippen molar-refractivity contribution in [2.45, 2.75) is 130 Å². The van der Waals surface area contributed by atoms with Crippen LogP contribution in [-0.4, -0.2) is 85.2 Å². The molecule has 0 amide bonds. The molecule has 0 radical (unpaired) electrons. The van der Waals surface area contributed by atoms with Gasteiger partial charge in [-0.3, -0.25) is 4.79 Å². The largest absolute Gasteiger partial charge is 0.481 e. The zero-order chi connectivity index (χ0) is 31.2. The molecule has 0 saturated heterocycles. The van der Waals surface area contributed by atoms with Gasteiger partial charge in [0.15, 0.2) is 0 Å². The van der Waals surface area contributed by atoms with Gasteiger partial charge in [-0.1, -0.05) is 34.1 Å². The van der Waals surface area contributed by atoms with Crippen molar-refractivity contribution in [3.63, 3.8) is 0 Å². The average Bonchev–Trinajstić information content (AvgIpc) is 3.32. The van der Waals surface area contributed by atoms with Crippen molar-refractivity contribution in [1.82, 2.24) is 5.32 Å². The summed E-state index contributed by atoms with van der Waals surface area (Å²) in [5, 5.41) is 36.1. The van der Waals surface area contributed by atoms with Crippen LogP contribution in [0.1, 0.15) is 105 Å². The van der Waals surface area contributed by atoms with Gasteiger partial charge in [0.25, 0.3) is 0 Å². The van der Waals surface area contributed by atoms with Gasteiger partial charge in [-0.05, 0) is 111 Å². The van der Waals surface area contributed by atoms with E-state index >= 15 is 0 Å². The fourth-order valence-corrected chi connectivity index (χ4v) is 10.3. The summed E-state index contributed by atoms with van der Waals surface area (Å²) >= 11 is 0. The van der Waals surface area contributed by atoms with Gasteiger partial charge in [-0.25, -0.2) is 0 Å². The summed E-state index contributed by atoms with van der Waals surface area (Å²) in [4.78, 5) is 11.2. The maximum Gasteiger partial charge on any atom is 0.303 e. The monoisotopic (exact) mass is 609 g/mol. The van der Waals surface area contributed by atoms with E-state index in [1.54, 1.807) is 0 Å². The summed E-state index contributed by atoms with van der Waals surface area (Å²) in [6.45, 7) is 15.2. The Labute approximate surface area is 261 Å². The maximum absolute atomic E-state index is 11.8. The smallest absolute Gasteiger partial charge is 0.303 e. The van der Waals surface area contributed by atoms with Crippen molar-refractivity contribution < 1.29 is 34.3 Å². The zero-order valence-electron chi connectivity index (χ0n) is 27.8. The van der Waals surface area contributed by atoms with Crippen LogP contribution in [0.5, 0.6) is 0 Å². The molecule has 4 rings (SSSR count). The first-order chi connectivity index (χ1) is 20.5. The molecule has 12 atom stereocenters. The highest BCUT2D eigenvalue weighted by Crippen LogP contribution is 2.68. The molecule has 250 valence electrons. The highest BCUT2D eigenvalue weighted by atomic mass is 16.5. The van der Waals surface area contributed by atoms with E-state index in [-0.39, 0.29) is 41.3 Å².